The van der Waals surface area contributed by atoms with Crippen molar-refractivity contribution in [1.82, 2.24) is 10.3 Å². The molecule has 1 aliphatic rings. The first-order valence-corrected chi connectivity index (χ1v) is 9.41. The molecule has 2 heterocycles. The monoisotopic (exact) mass is 340 g/mol. The number of rotatable bonds is 4. The molecule has 1 aromatic carbocycles. The Labute approximate surface area is 143 Å². The molecule has 0 spiro atoms. The number of nitrogens with zero attached hydrogens (tertiary/aromatic N) is 1. The molecule has 4 rings (SSSR count). The van der Waals surface area contributed by atoms with E-state index in [1.165, 1.54) is 11.1 Å². The Balaban J connectivity index is 1.41. The van der Waals surface area contributed by atoms with E-state index in [1.54, 1.807) is 22.7 Å². The molecule has 0 saturated carbocycles. The molecule has 3 nitrogen and oxygen atoms in total. The first-order valence-electron chi connectivity index (χ1n) is 7.65. The summed E-state index contributed by atoms with van der Waals surface area (Å²) in [4.78, 5) is 18.1. The van der Waals surface area contributed by atoms with Gasteiger partial charge in [0.05, 0.1) is 23.0 Å². The number of carbonyl (C=O) groups is 1. The van der Waals surface area contributed by atoms with Gasteiger partial charge in [-0.05, 0) is 35.4 Å². The van der Waals surface area contributed by atoms with Gasteiger partial charge < -0.3 is 5.32 Å². The maximum atomic E-state index is 12.3. The number of fused-ring (bicyclic) bond motifs is 1. The molecule has 3 aromatic rings. The van der Waals surface area contributed by atoms with Gasteiger partial charge in [-0.15, -0.1) is 22.7 Å². The van der Waals surface area contributed by atoms with Gasteiger partial charge in [0.1, 0.15) is 5.01 Å². The van der Waals surface area contributed by atoms with Crippen LogP contribution < -0.4 is 5.32 Å². The van der Waals surface area contributed by atoms with Crippen molar-refractivity contribution >= 4 is 28.6 Å². The van der Waals surface area contributed by atoms with Gasteiger partial charge in [-0.25, -0.2) is 4.98 Å². The molecule has 0 saturated heterocycles. The molecule has 2 aromatic heterocycles. The Morgan fingerprint density at radius 1 is 1.22 bits per heavy atom. The van der Waals surface area contributed by atoms with E-state index in [2.05, 4.69) is 34.6 Å². The van der Waals surface area contributed by atoms with Crippen molar-refractivity contribution < 1.29 is 4.79 Å². The third-order valence-corrected chi connectivity index (χ3v) is 6.02. The predicted molar refractivity (Wildman–Crippen MR) is 94.8 cm³/mol. The minimum absolute atomic E-state index is 0.0507. The highest BCUT2D eigenvalue weighted by Crippen LogP contribution is 2.31. The second-order valence-corrected chi connectivity index (χ2v) is 7.46. The van der Waals surface area contributed by atoms with E-state index in [1.807, 2.05) is 22.9 Å². The van der Waals surface area contributed by atoms with Crippen LogP contribution in [0.5, 0.6) is 0 Å². The van der Waals surface area contributed by atoms with E-state index in [0.717, 1.165) is 28.4 Å². The second kappa shape index (κ2) is 6.26. The Kier molecular flexibility index (Phi) is 3.97. The third kappa shape index (κ3) is 3.07. The SMILES string of the molecule is O=C(Cc1csc(-c2cccs2)n1)NC1CCc2ccccc21. The minimum atomic E-state index is 0.0507. The standard InChI is InChI=1S/C18H16N2OS2/c21-17(20-15-8-7-12-4-1-2-5-14(12)15)10-13-11-23-18(19-13)16-6-3-9-22-16/h1-6,9,11,15H,7-8,10H2,(H,20,21). The summed E-state index contributed by atoms with van der Waals surface area (Å²) >= 11 is 3.27. The highest BCUT2D eigenvalue weighted by atomic mass is 32.1. The zero-order chi connectivity index (χ0) is 15.6. The average molecular weight is 340 g/mol. The first kappa shape index (κ1) is 14.6. The highest BCUT2D eigenvalue weighted by molar-refractivity contribution is 7.20. The summed E-state index contributed by atoms with van der Waals surface area (Å²) in [6.45, 7) is 0. The lowest BCUT2D eigenvalue weighted by molar-refractivity contribution is -0.121. The van der Waals surface area contributed by atoms with Crippen molar-refractivity contribution in [3.05, 3.63) is 64.0 Å². The smallest absolute Gasteiger partial charge is 0.226 e. The molecule has 1 N–H and O–H groups in total. The summed E-state index contributed by atoms with van der Waals surface area (Å²) in [5.41, 5.74) is 3.46. The second-order valence-electron chi connectivity index (χ2n) is 5.66. The van der Waals surface area contributed by atoms with Crippen LogP contribution in [0.15, 0.2) is 47.2 Å². The van der Waals surface area contributed by atoms with Crippen LogP contribution in [0.4, 0.5) is 0 Å². The summed E-state index contributed by atoms with van der Waals surface area (Å²) in [5, 5.41) is 8.18. The Hall–Kier alpha value is -1.98. The lowest BCUT2D eigenvalue weighted by atomic mass is 10.1. The summed E-state index contributed by atoms with van der Waals surface area (Å²) in [7, 11) is 0. The van der Waals surface area contributed by atoms with Gasteiger partial charge in [0.2, 0.25) is 5.91 Å². The topological polar surface area (TPSA) is 42.0 Å². The molecule has 1 aliphatic carbocycles. The van der Waals surface area contributed by atoms with Crippen LogP contribution in [0.3, 0.4) is 0 Å². The number of thiazole rings is 1. The van der Waals surface area contributed by atoms with Crippen LogP contribution in [-0.4, -0.2) is 10.9 Å². The molecule has 1 amide bonds. The normalized spacial score (nSPS) is 16.3. The maximum absolute atomic E-state index is 12.3. The fourth-order valence-electron chi connectivity index (χ4n) is 3.02. The van der Waals surface area contributed by atoms with Crippen LogP contribution >= 0.6 is 22.7 Å². The summed E-state index contributed by atoms with van der Waals surface area (Å²) in [5.74, 6) is 0.0507. The third-order valence-electron chi connectivity index (χ3n) is 4.09. The summed E-state index contributed by atoms with van der Waals surface area (Å²) in [6.07, 6.45) is 2.38. The molecule has 0 aliphatic heterocycles. The lowest BCUT2D eigenvalue weighted by Crippen LogP contribution is -2.28. The maximum Gasteiger partial charge on any atom is 0.226 e. The number of nitrogens with one attached hydrogen (secondary N) is 1. The van der Waals surface area contributed by atoms with E-state index < -0.39 is 0 Å². The molecular weight excluding hydrogens is 324 g/mol. The molecule has 116 valence electrons. The molecule has 5 heteroatoms. The zero-order valence-electron chi connectivity index (χ0n) is 12.5. The van der Waals surface area contributed by atoms with Gasteiger partial charge >= 0.3 is 0 Å². The highest BCUT2D eigenvalue weighted by Gasteiger charge is 2.23. The van der Waals surface area contributed by atoms with Crippen molar-refractivity contribution in [3.8, 4) is 9.88 Å². The average Bonchev–Trinajstić information content (AvgIpc) is 3.27. The largest absolute Gasteiger partial charge is 0.349 e. The first-order chi connectivity index (χ1) is 11.3. The minimum Gasteiger partial charge on any atom is -0.349 e. The summed E-state index contributed by atoms with van der Waals surface area (Å²) in [6, 6.07) is 12.6. The number of thiophene rings is 1. The molecule has 1 unspecified atom stereocenters. The van der Waals surface area contributed by atoms with Crippen LogP contribution in [0.25, 0.3) is 9.88 Å². The van der Waals surface area contributed by atoms with Crippen molar-refractivity contribution in [1.29, 1.82) is 0 Å². The van der Waals surface area contributed by atoms with Gasteiger partial charge in [0.15, 0.2) is 0 Å². The van der Waals surface area contributed by atoms with Gasteiger partial charge in [-0.3, -0.25) is 4.79 Å². The van der Waals surface area contributed by atoms with E-state index in [9.17, 15) is 4.79 Å². The van der Waals surface area contributed by atoms with Crippen LogP contribution in [-0.2, 0) is 17.6 Å². The number of aryl methyl sites for hydroxylation is 1. The Morgan fingerprint density at radius 3 is 3.00 bits per heavy atom. The van der Waals surface area contributed by atoms with Crippen LogP contribution in [0.2, 0.25) is 0 Å². The van der Waals surface area contributed by atoms with Crippen molar-refractivity contribution in [2.45, 2.75) is 25.3 Å². The van der Waals surface area contributed by atoms with E-state index >= 15 is 0 Å². The van der Waals surface area contributed by atoms with Gasteiger partial charge in [0.25, 0.3) is 0 Å². The molecule has 23 heavy (non-hydrogen) atoms. The fraction of sp³-hybridized carbons (Fsp3) is 0.222. The number of hydrogen-bond acceptors (Lipinski definition) is 4. The van der Waals surface area contributed by atoms with Crippen molar-refractivity contribution in [3.63, 3.8) is 0 Å². The Bertz CT molecular complexity index is 823. The van der Waals surface area contributed by atoms with Crippen LogP contribution in [0, 0.1) is 0 Å². The molecule has 0 radical (unpaired) electrons. The quantitative estimate of drug-likeness (QED) is 0.773. The fourth-order valence-corrected chi connectivity index (χ4v) is 4.65. The number of amides is 1. The number of benzene rings is 1. The number of carbonyl (C=O) groups excluding carboxylic acids is 1. The Morgan fingerprint density at radius 2 is 2.13 bits per heavy atom. The molecule has 0 fully saturated rings. The van der Waals surface area contributed by atoms with E-state index in [-0.39, 0.29) is 11.9 Å². The van der Waals surface area contributed by atoms with Gasteiger partial charge in [0, 0.05) is 5.38 Å². The summed E-state index contributed by atoms with van der Waals surface area (Å²) < 4.78 is 0. The van der Waals surface area contributed by atoms with E-state index in [0.29, 0.717) is 6.42 Å². The van der Waals surface area contributed by atoms with Crippen molar-refractivity contribution in [2.75, 3.05) is 0 Å². The molecule has 0 bridgehead atoms. The zero-order valence-corrected chi connectivity index (χ0v) is 14.1. The van der Waals surface area contributed by atoms with Gasteiger partial charge in [-0.1, -0.05) is 30.3 Å². The number of aromatic nitrogens is 1. The number of hydrogen-bond donors (Lipinski definition) is 1. The lowest BCUT2D eigenvalue weighted by Gasteiger charge is -2.13. The van der Waals surface area contributed by atoms with Crippen LogP contribution in [0.1, 0.15) is 29.3 Å². The molecule has 1 atom stereocenters. The van der Waals surface area contributed by atoms with Crippen molar-refractivity contribution in [2.24, 2.45) is 0 Å². The van der Waals surface area contributed by atoms with E-state index in [4.69, 9.17) is 0 Å². The predicted octanol–water partition coefficient (Wildman–Crippen LogP) is 4.22. The molecular formula is C18H16N2OS2. The van der Waals surface area contributed by atoms with Gasteiger partial charge in [-0.2, -0.15) is 0 Å².